The van der Waals surface area contributed by atoms with Crippen molar-refractivity contribution in [2.75, 3.05) is 33.5 Å². The van der Waals surface area contributed by atoms with E-state index >= 15 is 0 Å². The number of ether oxygens (including phenoxy) is 5. The second-order valence-electron chi connectivity index (χ2n) is 8.00. The van der Waals surface area contributed by atoms with Crippen molar-refractivity contribution in [1.82, 2.24) is 0 Å². The van der Waals surface area contributed by atoms with E-state index < -0.39 is 11.9 Å². The molecule has 0 spiro atoms. The van der Waals surface area contributed by atoms with E-state index in [9.17, 15) is 19.2 Å². The molecule has 0 aliphatic heterocycles. The third-order valence-electron chi connectivity index (χ3n) is 4.59. The molecule has 0 aliphatic carbocycles. The molecule has 0 heterocycles. The Hall–Kier alpha value is -2.68. The van der Waals surface area contributed by atoms with E-state index in [2.05, 4.69) is 13.2 Å². The summed E-state index contributed by atoms with van der Waals surface area (Å²) in [6, 6.07) is 0. The summed E-state index contributed by atoms with van der Waals surface area (Å²) < 4.78 is 25.8. The Morgan fingerprint density at radius 2 is 1.15 bits per heavy atom. The van der Waals surface area contributed by atoms with Gasteiger partial charge < -0.3 is 23.7 Å². The van der Waals surface area contributed by atoms with Gasteiger partial charge in [-0.05, 0) is 52.4 Å². The molecule has 0 unspecified atom stereocenters. The summed E-state index contributed by atoms with van der Waals surface area (Å²) in [6.45, 7) is 11.3. The summed E-state index contributed by atoms with van der Waals surface area (Å²) in [6.07, 6.45) is 4.04. The van der Waals surface area contributed by atoms with Crippen molar-refractivity contribution >= 4 is 23.9 Å². The van der Waals surface area contributed by atoms with Gasteiger partial charge >= 0.3 is 23.9 Å². The topological polar surface area (TPSA) is 114 Å². The van der Waals surface area contributed by atoms with Crippen molar-refractivity contribution in [2.24, 2.45) is 0 Å². The van der Waals surface area contributed by atoms with Crippen molar-refractivity contribution in [3.8, 4) is 0 Å². The maximum Gasteiger partial charge on any atom is 0.333 e. The Morgan fingerprint density at radius 1 is 0.647 bits per heavy atom. The van der Waals surface area contributed by atoms with Gasteiger partial charge in [-0.15, -0.1) is 0 Å². The number of unbranched alkanes of at least 4 members (excludes halogenated alkanes) is 2. The fourth-order valence-corrected chi connectivity index (χ4v) is 2.64. The monoisotopic (exact) mass is 484 g/mol. The van der Waals surface area contributed by atoms with E-state index in [4.69, 9.17) is 23.7 Å². The highest BCUT2D eigenvalue weighted by molar-refractivity contribution is 5.87. The standard InChI is InChI=1S/C25H40O9/c1-19(2)24(28)32-15-8-6-12-22(26)31-17-10-11-21(14-18-30-5)34-23(27)13-7-9-16-33-25(29)20(3)4/h21H,1,3,6-18H2,2,4-5H3/t21-/m1/s1. The first-order valence-corrected chi connectivity index (χ1v) is 11.7. The minimum atomic E-state index is -0.438. The molecule has 9 heteroatoms. The molecule has 0 aliphatic rings. The maximum absolute atomic E-state index is 12.1. The van der Waals surface area contributed by atoms with Crippen molar-refractivity contribution in [2.45, 2.75) is 77.7 Å². The molecule has 0 aromatic rings. The fourth-order valence-electron chi connectivity index (χ4n) is 2.64. The third kappa shape index (κ3) is 17.8. The number of rotatable bonds is 20. The maximum atomic E-state index is 12.1. The average Bonchev–Trinajstić information content (AvgIpc) is 2.78. The van der Waals surface area contributed by atoms with Gasteiger partial charge in [0.2, 0.25) is 0 Å². The molecule has 0 saturated carbocycles. The molecule has 34 heavy (non-hydrogen) atoms. The average molecular weight is 485 g/mol. The van der Waals surface area contributed by atoms with Crippen molar-refractivity contribution < 1.29 is 42.9 Å². The highest BCUT2D eigenvalue weighted by Gasteiger charge is 2.15. The van der Waals surface area contributed by atoms with E-state index in [1.165, 1.54) is 0 Å². The SMILES string of the molecule is C=C(C)C(=O)OCCCCC(=O)OCCC[C@H](CCOC)OC(=O)CCCCOC(=O)C(=C)C. The van der Waals surface area contributed by atoms with Crippen LogP contribution in [0.2, 0.25) is 0 Å². The number of esters is 4. The molecule has 9 nitrogen and oxygen atoms in total. The van der Waals surface area contributed by atoms with E-state index in [0.29, 0.717) is 62.7 Å². The predicted octanol–water partition coefficient (Wildman–Crippen LogP) is 3.84. The zero-order valence-electron chi connectivity index (χ0n) is 20.9. The Labute approximate surface area is 202 Å². The van der Waals surface area contributed by atoms with Crippen LogP contribution < -0.4 is 0 Å². The Bertz CT molecular complexity index is 669. The molecule has 0 aromatic heterocycles. The normalized spacial score (nSPS) is 11.3. The zero-order chi connectivity index (χ0) is 25.8. The third-order valence-corrected chi connectivity index (χ3v) is 4.59. The van der Waals surface area contributed by atoms with E-state index in [-0.39, 0.29) is 50.7 Å². The van der Waals surface area contributed by atoms with E-state index in [0.717, 1.165) is 0 Å². The van der Waals surface area contributed by atoms with Crippen LogP contribution in [0.4, 0.5) is 0 Å². The lowest BCUT2D eigenvalue weighted by molar-refractivity contribution is -0.151. The van der Waals surface area contributed by atoms with Crippen LogP contribution in [0.1, 0.15) is 71.6 Å². The van der Waals surface area contributed by atoms with Crippen LogP contribution in [-0.2, 0) is 42.9 Å². The molecule has 0 rings (SSSR count). The minimum Gasteiger partial charge on any atom is -0.466 e. The first-order valence-electron chi connectivity index (χ1n) is 11.7. The molecule has 0 fully saturated rings. The second-order valence-corrected chi connectivity index (χ2v) is 8.00. The molecule has 194 valence electrons. The molecule has 0 N–H and O–H groups in total. The van der Waals surface area contributed by atoms with Crippen LogP contribution in [0.15, 0.2) is 24.3 Å². The molecule has 0 aromatic carbocycles. The number of methoxy groups -OCH3 is 1. The molecular weight excluding hydrogens is 444 g/mol. The minimum absolute atomic E-state index is 0.227. The number of carbonyl (C=O) groups is 4. The van der Waals surface area contributed by atoms with Crippen molar-refractivity contribution in [3.05, 3.63) is 24.3 Å². The molecule has 1 atom stereocenters. The lowest BCUT2D eigenvalue weighted by Crippen LogP contribution is -2.21. The smallest absolute Gasteiger partial charge is 0.333 e. The van der Waals surface area contributed by atoms with Crippen molar-refractivity contribution in [3.63, 3.8) is 0 Å². The highest BCUT2D eigenvalue weighted by Crippen LogP contribution is 2.11. The predicted molar refractivity (Wildman–Crippen MR) is 126 cm³/mol. The highest BCUT2D eigenvalue weighted by atomic mass is 16.6. The van der Waals surface area contributed by atoms with E-state index in [1.54, 1.807) is 21.0 Å². The Balaban J connectivity index is 4.01. The van der Waals surface area contributed by atoms with E-state index in [1.807, 2.05) is 0 Å². The van der Waals surface area contributed by atoms with Crippen LogP contribution in [-0.4, -0.2) is 63.5 Å². The van der Waals surface area contributed by atoms with Crippen LogP contribution in [0.25, 0.3) is 0 Å². The molecule has 0 bridgehead atoms. The molecule has 0 saturated heterocycles. The van der Waals surface area contributed by atoms with Gasteiger partial charge in [-0.2, -0.15) is 0 Å². The van der Waals surface area contributed by atoms with Gasteiger partial charge in [0.05, 0.1) is 19.8 Å². The molecular formula is C25H40O9. The summed E-state index contributed by atoms with van der Waals surface area (Å²) in [7, 11) is 1.58. The largest absolute Gasteiger partial charge is 0.466 e. The van der Waals surface area contributed by atoms with Gasteiger partial charge in [-0.3, -0.25) is 9.59 Å². The first kappa shape index (κ1) is 31.3. The summed E-state index contributed by atoms with van der Waals surface area (Å²) in [5.74, 6) is -1.51. The Morgan fingerprint density at radius 3 is 1.65 bits per heavy atom. The first-order chi connectivity index (χ1) is 16.2. The summed E-state index contributed by atoms with van der Waals surface area (Å²) in [5.41, 5.74) is 0.683. The molecule has 0 radical (unpaired) electrons. The van der Waals surface area contributed by atoms with Crippen LogP contribution in [0.3, 0.4) is 0 Å². The number of carbonyl (C=O) groups excluding carboxylic acids is 4. The lowest BCUT2D eigenvalue weighted by Gasteiger charge is -2.18. The van der Waals surface area contributed by atoms with Crippen LogP contribution >= 0.6 is 0 Å². The summed E-state index contributed by atoms with van der Waals surface area (Å²) in [4.78, 5) is 46.5. The fraction of sp³-hybridized carbons (Fsp3) is 0.680. The van der Waals surface area contributed by atoms with Gasteiger partial charge in [-0.1, -0.05) is 13.2 Å². The van der Waals surface area contributed by atoms with Gasteiger partial charge in [0.25, 0.3) is 0 Å². The summed E-state index contributed by atoms with van der Waals surface area (Å²) >= 11 is 0. The second kappa shape index (κ2) is 19.8. The quantitative estimate of drug-likeness (QED) is 0.110. The van der Waals surface area contributed by atoms with Crippen molar-refractivity contribution in [1.29, 1.82) is 0 Å². The number of hydrogen-bond donors (Lipinski definition) is 0. The van der Waals surface area contributed by atoms with Gasteiger partial charge in [0.1, 0.15) is 6.10 Å². The number of hydrogen-bond acceptors (Lipinski definition) is 9. The van der Waals surface area contributed by atoms with Gasteiger partial charge in [0.15, 0.2) is 0 Å². The van der Waals surface area contributed by atoms with Crippen LogP contribution in [0, 0.1) is 0 Å². The Kier molecular flexibility index (Phi) is 18.2. The van der Waals surface area contributed by atoms with Gasteiger partial charge in [0, 0.05) is 44.1 Å². The summed E-state index contributed by atoms with van der Waals surface area (Å²) in [5, 5.41) is 0. The lowest BCUT2D eigenvalue weighted by atomic mass is 10.1. The zero-order valence-corrected chi connectivity index (χ0v) is 20.9. The van der Waals surface area contributed by atoms with Gasteiger partial charge in [-0.25, -0.2) is 9.59 Å². The van der Waals surface area contributed by atoms with Crippen LogP contribution in [0.5, 0.6) is 0 Å². The molecule has 0 amide bonds.